The van der Waals surface area contributed by atoms with Crippen LogP contribution in [0.2, 0.25) is 0 Å². The van der Waals surface area contributed by atoms with E-state index in [9.17, 15) is 4.79 Å². The van der Waals surface area contributed by atoms with Crippen molar-refractivity contribution in [1.29, 1.82) is 0 Å². The molecule has 1 atom stereocenters. The third kappa shape index (κ3) is 3.49. The van der Waals surface area contributed by atoms with Crippen LogP contribution in [0.3, 0.4) is 0 Å². The summed E-state index contributed by atoms with van der Waals surface area (Å²) in [6.45, 7) is 9.93. The summed E-state index contributed by atoms with van der Waals surface area (Å²) in [6.07, 6.45) is 4.41. The molecule has 2 heterocycles. The van der Waals surface area contributed by atoms with Gasteiger partial charge in [0.25, 0.3) is 0 Å². The molecule has 1 aromatic rings. The van der Waals surface area contributed by atoms with Gasteiger partial charge < -0.3 is 9.47 Å². The van der Waals surface area contributed by atoms with Crippen molar-refractivity contribution >= 4 is 5.91 Å². The Balaban J connectivity index is 2.08. The van der Waals surface area contributed by atoms with E-state index >= 15 is 0 Å². The molecule has 21 heavy (non-hydrogen) atoms. The largest absolute Gasteiger partial charge is 0.353 e. The van der Waals surface area contributed by atoms with Gasteiger partial charge in [-0.1, -0.05) is 0 Å². The summed E-state index contributed by atoms with van der Waals surface area (Å²) < 4.78 is 2.18. The van der Waals surface area contributed by atoms with Crippen LogP contribution < -0.4 is 0 Å². The first kappa shape index (κ1) is 16.1. The summed E-state index contributed by atoms with van der Waals surface area (Å²) in [4.78, 5) is 17.0. The van der Waals surface area contributed by atoms with Crippen LogP contribution in [0, 0.1) is 0 Å². The third-order valence-corrected chi connectivity index (χ3v) is 4.43. The van der Waals surface area contributed by atoms with Crippen LogP contribution in [-0.4, -0.2) is 45.4 Å². The van der Waals surface area contributed by atoms with E-state index in [0.29, 0.717) is 12.6 Å². The Morgan fingerprint density at radius 1 is 1.33 bits per heavy atom. The van der Waals surface area contributed by atoms with Crippen molar-refractivity contribution in [1.82, 2.24) is 14.4 Å². The van der Waals surface area contributed by atoms with Crippen LogP contribution in [-0.2, 0) is 11.8 Å². The Labute approximate surface area is 128 Å². The first-order valence-electron chi connectivity index (χ1n) is 8.08. The summed E-state index contributed by atoms with van der Waals surface area (Å²) in [5, 5.41) is 0. The molecule has 1 aliphatic heterocycles. The minimum Gasteiger partial charge on any atom is -0.353 e. The van der Waals surface area contributed by atoms with Crippen molar-refractivity contribution in [2.75, 3.05) is 13.1 Å². The first-order chi connectivity index (χ1) is 9.91. The number of likely N-dealkylation sites (tertiary alicyclic amines) is 1. The zero-order valence-corrected chi connectivity index (χ0v) is 14.0. The molecule has 2 rings (SSSR count). The highest BCUT2D eigenvalue weighted by Gasteiger charge is 2.31. The van der Waals surface area contributed by atoms with E-state index < -0.39 is 0 Å². The molecule has 0 saturated carbocycles. The molecule has 0 radical (unpaired) electrons. The number of rotatable bonds is 5. The van der Waals surface area contributed by atoms with Crippen LogP contribution in [0.25, 0.3) is 0 Å². The Hall–Kier alpha value is -1.29. The molecule has 0 bridgehead atoms. The number of nitrogens with zero attached hydrogens (tertiary/aromatic N) is 3. The van der Waals surface area contributed by atoms with E-state index in [0.717, 1.165) is 13.0 Å². The lowest BCUT2D eigenvalue weighted by atomic mass is 10.1. The maximum atomic E-state index is 12.7. The van der Waals surface area contributed by atoms with Gasteiger partial charge in [-0.2, -0.15) is 0 Å². The molecule has 0 unspecified atom stereocenters. The minimum atomic E-state index is 0.251. The van der Waals surface area contributed by atoms with Crippen LogP contribution in [0.5, 0.6) is 0 Å². The predicted molar refractivity (Wildman–Crippen MR) is 86.1 cm³/mol. The molecule has 0 aromatic carbocycles. The van der Waals surface area contributed by atoms with E-state index in [-0.39, 0.29) is 18.0 Å². The van der Waals surface area contributed by atoms with Crippen molar-refractivity contribution < 1.29 is 4.79 Å². The number of carbonyl (C=O) groups is 1. The highest BCUT2D eigenvalue weighted by molar-refractivity contribution is 5.79. The van der Waals surface area contributed by atoms with E-state index in [1.807, 2.05) is 4.90 Å². The van der Waals surface area contributed by atoms with Gasteiger partial charge in [0.15, 0.2) is 0 Å². The summed E-state index contributed by atoms with van der Waals surface area (Å²) in [6, 6.07) is 5.16. The predicted octanol–water partition coefficient (Wildman–Crippen LogP) is 2.81. The second kappa shape index (κ2) is 6.65. The Bertz CT molecular complexity index is 470. The molecule has 118 valence electrons. The summed E-state index contributed by atoms with van der Waals surface area (Å²) >= 11 is 0. The molecule has 1 aromatic heterocycles. The lowest BCUT2D eigenvalue weighted by Gasteiger charge is -2.33. The van der Waals surface area contributed by atoms with Crippen LogP contribution in [0.1, 0.15) is 52.3 Å². The third-order valence-electron chi connectivity index (χ3n) is 4.43. The monoisotopic (exact) mass is 291 g/mol. The molecule has 0 aliphatic carbocycles. The molecule has 4 nitrogen and oxygen atoms in total. The SMILES string of the molecule is CC(C)N(C(=O)CN1CCC[C@H]1c1cccn1C)C(C)C. The van der Waals surface area contributed by atoms with E-state index in [4.69, 9.17) is 0 Å². The number of carbonyl (C=O) groups excluding carboxylic acids is 1. The van der Waals surface area contributed by atoms with Gasteiger partial charge in [0.2, 0.25) is 5.91 Å². The average molecular weight is 291 g/mol. The van der Waals surface area contributed by atoms with E-state index in [1.165, 1.54) is 12.1 Å². The quantitative estimate of drug-likeness (QED) is 0.834. The van der Waals surface area contributed by atoms with Gasteiger partial charge in [-0.05, 0) is 59.2 Å². The topological polar surface area (TPSA) is 28.5 Å². The maximum absolute atomic E-state index is 12.7. The number of aryl methyl sites for hydroxylation is 1. The van der Waals surface area contributed by atoms with E-state index in [2.05, 4.69) is 62.5 Å². The Kier molecular flexibility index (Phi) is 5.09. The van der Waals surface area contributed by atoms with Gasteiger partial charge in [0, 0.05) is 31.0 Å². The van der Waals surface area contributed by atoms with Gasteiger partial charge in [0.1, 0.15) is 0 Å². The van der Waals surface area contributed by atoms with Crippen molar-refractivity contribution in [2.45, 2.75) is 58.7 Å². The van der Waals surface area contributed by atoms with Crippen molar-refractivity contribution in [3.63, 3.8) is 0 Å². The average Bonchev–Trinajstić information content (AvgIpc) is 2.96. The van der Waals surface area contributed by atoms with Gasteiger partial charge >= 0.3 is 0 Å². The molecule has 1 saturated heterocycles. The number of hydrogen-bond donors (Lipinski definition) is 0. The fourth-order valence-electron chi connectivity index (χ4n) is 3.60. The number of aromatic nitrogens is 1. The normalized spacial score (nSPS) is 19.7. The standard InChI is InChI=1S/C17H29N3O/c1-13(2)20(14(3)4)17(21)12-19-11-7-9-16(19)15-8-6-10-18(15)5/h6,8,10,13-14,16H,7,9,11-12H2,1-5H3/t16-/m0/s1. The molecule has 0 spiro atoms. The van der Waals surface area contributed by atoms with E-state index in [1.54, 1.807) is 0 Å². The molecule has 1 fully saturated rings. The molecular formula is C17H29N3O. The second-order valence-corrected chi connectivity index (χ2v) is 6.66. The fraction of sp³-hybridized carbons (Fsp3) is 0.706. The highest BCUT2D eigenvalue weighted by atomic mass is 16.2. The van der Waals surface area contributed by atoms with Crippen LogP contribution >= 0.6 is 0 Å². The Morgan fingerprint density at radius 3 is 2.52 bits per heavy atom. The second-order valence-electron chi connectivity index (χ2n) is 6.66. The zero-order valence-electron chi connectivity index (χ0n) is 14.0. The molecule has 1 aliphatic rings. The van der Waals surface area contributed by atoms with Crippen molar-refractivity contribution in [3.05, 3.63) is 24.0 Å². The Morgan fingerprint density at radius 2 is 2.00 bits per heavy atom. The van der Waals surface area contributed by atoms with Gasteiger partial charge in [0.05, 0.1) is 12.6 Å². The van der Waals surface area contributed by atoms with Gasteiger partial charge in [-0.25, -0.2) is 0 Å². The summed E-state index contributed by atoms with van der Waals surface area (Å²) in [5.74, 6) is 0.251. The minimum absolute atomic E-state index is 0.251. The van der Waals surface area contributed by atoms with Crippen molar-refractivity contribution in [3.8, 4) is 0 Å². The molecule has 1 amide bonds. The number of hydrogen-bond acceptors (Lipinski definition) is 2. The van der Waals surface area contributed by atoms with Crippen molar-refractivity contribution in [2.24, 2.45) is 7.05 Å². The number of amides is 1. The highest BCUT2D eigenvalue weighted by Crippen LogP contribution is 2.31. The lowest BCUT2D eigenvalue weighted by molar-refractivity contribution is -0.136. The smallest absolute Gasteiger partial charge is 0.237 e. The van der Waals surface area contributed by atoms with Gasteiger partial charge in [-0.3, -0.25) is 9.69 Å². The zero-order chi connectivity index (χ0) is 15.6. The summed E-state index contributed by atoms with van der Waals surface area (Å²) in [5.41, 5.74) is 1.32. The van der Waals surface area contributed by atoms with Gasteiger partial charge in [-0.15, -0.1) is 0 Å². The first-order valence-corrected chi connectivity index (χ1v) is 8.08. The van der Waals surface area contributed by atoms with Crippen LogP contribution in [0.15, 0.2) is 18.3 Å². The fourth-order valence-corrected chi connectivity index (χ4v) is 3.60. The molecule has 4 heteroatoms. The molecular weight excluding hydrogens is 262 g/mol. The van der Waals surface area contributed by atoms with Crippen LogP contribution in [0.4, 0.5) is 0 Å². The summed E-state index contributed by atoms with van der Waals surface area (Å²) in [7, 11) is 2.09. The maximum Gasteiger partial charge on any atom is 0.237 e. The lowest BCUT2D eigenvalue weighted by Crippen LogP contribution is -2.47. The molecule has 0 N–H and O–H groups in total.